The molecule has 0 saturated carbocycles. The van der Waals surface area contributed by atoms with Crippen molar-refractivity contribution in [3.8, 4) is 22.4 Å². The molecule has 0 radical (unpaired) electrons. The summed E-state index contributed by atoms with van der Waals surface area (Å²) in [6.45, 7) is 0. The largest absolute Gasteiger partial charge is 0.593 e. The molecule has 1 atom stereocenters. The number of aromatic nitrogens is 2. The molecule has 7 heteroatoms. The summed E-state index contributed by atoms with van der Waals surface area (Å²) in [5.41, 5.74) is 7.63. The van der Waals surface area contributed by atoms with Crippen LogP contribution in [0.4, 0.5) is 10.2 Å². The summed E-state index contributed by atoms with van der Waals surface area (Å²) < 4.78 is 28.7. The maximum Gasteiger partial charge on any atom is 0.181 e. The van der Waals surface area contributed by atoms with E-state index in [2.05, 4.69) is 9.97 Å². The molecule has 1 aromatic heterocycles. The standard InChI is InChI=1S/C18H17FN4OS/c1-23(2)25(24)17-6-4-3-5-13(17)12-7-8-14(15(19)9-12)16-10-22-18(20)11-21-16/h3-11H,1-2H3,(H2,20,22). The second kappa shape index (κ2) is 7.18. The van der Waals surface area contributed by atoms with Gasteiger partial charge in [0, 0.05) is 25.2 Å². The van der Waals surface area contributed by atoms with Gasteiger partial charge in [-0.1, -0.05) is 18.2 Å². The van der Waals surface area contributed by atoms with Crippen LogP contribution in [-0.2, 0) is 11.4 Å². The fraction of sp³-hybridized carbons (Fsp3) is 0.111. The molecular formula is C18H17FN4OS. The van der Waals surface area contributed by atoms with Gasteiger partial charge in [0.05, 0.1) is 29.4 Å². The highest BCUT2D eigenvalue weighted by molar-refractivity contribution is 7.89. The van der Waals surface area contributed by atoms with Crippen LogP contribution in [-0.4, -0.2) is 32.9 Å². The Labute approximate surface area is 148 Å². The molecule has 1 unspecified atom stereocenters. The van der Waals surface area contributed by atoms with Crippen LogP contribution in [0.25, 0.3) is 22.4 Å². The first-order chi connectivity index (χ1) is 12.0. The lowest BCUT2D eigenvalue weighted by molar-refractivity contribution is 0.520. The first-order valence-corrected chi connectivity index (χ1v) is 8.64. The SMILES string of the molecule is CN(C)[S+]([O-])c1ccccc1-c1ccc(-c2cnc(N)cn2)c(F)c1. The molecule has 25 heavy (non-hydrogen) atoms. The van der Waals surface area contributed by atoms with Crippen molar-refractivity contribution in [3.05, 3.63) is 60.7 Å². The fourth-order valence-corrected chi connectivity index (χ4v) is 3.38. The summed E-state index contributed by atoms with van der Waals surface area (Å²) >= 11 is -1.32. The zero-order valence-corrected chi connectivity index (χ0v) is 14.6. The quantitative estimate of drug-likeness (QED) is 0.727. The Morgan fingerprint density at radius 2 is 1.80 bits per heavy atom. The van der Waals surface area contributed by atoms with Crippen molar-refractivity contribution in [2.24, 2.45) is 0 Å². The highest BCUT2D eigenvalue weighted by Gasteiger charge is 2.20. The smallest absolute Gasteiger partial charge is 0.181 e. The van der Waals surface area contributed by atoms with E-state index in [0.717, 1.165) is 5.56 Å². The van der Waals surface area contributed by atoms with E-state index in [1.54, 1.807) is 36.6 Å². The van der Waals surface area contributed by atoms with Crippen molar-refractivity contribution in [2.75, 3.05) is 19.8 Å². The van der Waals surface area contributed by atoms with E-state index in [4.69, 9.17) is 5.73 Å². The third-order valence-electron chi connectivity index (χ3n) is 3.63. The molecule has 0 fully saturated rings. The number of nitrogen functional groups attached to an aromatic ring is 1. The molecule has 0 saturated heterocycles. The number of halogens is 1. The number of rotatable bonds is 4. The molecule has 128 valence electrons. The van der Waals surface area contributed by atoms with Crippen molar-refractivity contribution < 1.29 is 8.94 Å². The highest BCUT2D eigenvalue weighted by atomic mass is 32.2. The van der Waals surface area contributed by atoms with Crippen molar-refractivity contribution in [3.63, 3.8) is 0 Å². The maximum atomic E-state index is 14.6. The van der Waals surface area contributed by atoms with Gasteiger partial charge in [-0.2, -0.15) is 0 Å². The molecule has 3 aromatic rings. The summed E-state index contributed by atoms with van der Waals surface area (Å²) in [5.74, 6) is -0.150. The van der Waals surface area contributed by atoms with Gasteiger partial charge < -0.3 is 10.3 Å². The predicted molar refractivity (Wildman–Crippen MR) is 97.4 cm³/mol. The van der Waals surface area contributed by atoms with E-state index in [1.807, 2.05) is 18.2 Å². The molecule has 1 heterocycles. The number of anilines is 1. The Balaban J connectivity index is 2.03. The Morgan fingerprint density at radius 1 is 1.04 bits per heavy atom. The van der Waals surface area contributed by atoms with Crippen LogP contribution in [0.3, 0.4) is 0 Å². The second-order valence-corrected chi connectivity index (χ2v) is 7.25. The average Bonchev–Trinajstić information content (AvgIpc) is 2.62. The van der Waals surface area contributed by atoms with E-state index in [-0.39, 0.29) is 5.82 Å². The Hall–Kier alpha value is -2.48. The number of benzene rings is 2. The van der Waals surface area contributed by atoms with E-state index < -0.39 is 17.2 Å². The minimum atomic E-state index is -1.32. The molecule has 2 N–H and O–H groups in total. The lowest BCUT2D eigenvalue weighted by atomic mass is 10.0. The van der Waals surface area contributed by atoms with Gasteiger partial charge in [-0.15, -0.1) is 4.31 Å². The van der Waals surface area contributed by atoms with Crippen molar-refractivity contribution in [2.45, 2.75) is 4.90 Å². The number of hydrogen-bond acceptors (Lipinski definition) is 5. The van der Waals surface area contributed by atoms with Crippen LogP contribution in [0.15, 0.2) is 59.8 Å². The Morgan fingerprint density at radius 3 is 2.44 bits per heavy atom. The van der Waals surface area contributed by atoms with E-state index in [9.17, 15) is 8.94 Å². The molecule has 5 nitrogen and oxygen atoms in total. The highest BCUT2D eigenvalue weighted by Crippen LogP contribution is 2.31. The zero-order chi connectivity index (χ0) is 18.0. The third-order valence-corrected chi connectivity index (χ3v) is 5.03. The monoisotopic (exact) mass is 356 g/mol. The van der Waals surface area contributed by atoms with Crippen LogP contribution in [0.2, 0.25) is 0 Å². The van der Waals surface area contributed by atoms with Gasteiger partial charge in [-0.05, 0) is 29.8 Å². The predicted octanol–water partition coefficient (Wildman–Crippen LogP) is 3.12. The van der Waals surface area contributed by atoms with Crippen LogP contribution in [0, 0.1) is 5.82 Å². The van der Waals surface area contributed by atoms with Crippen LogP contribution in [0.5, 0.6) is 0 Å². The normalized spacial score (nSPS) is 12.4. The molecule has 0 aliphatic carbocycles. The summed E-state index contributed by atoms with van der Waals surface area (Å²) in [6, 6.07) is 12.1. The molecule has 2 aromatic carbocycles. The number of nitrogens with zero attached hydrogens (tertiary/aromatic N) is 3. The number of nitrogens with two attached hydrogens (primary N) is 1. The Bertz CT molecular complexity index is 886. The van der Waals surface area contributed by atoms with E-state index in [0.29, 0.717) is 21.7 Å². The van der Waals surface area contributed by atoms with Crippen LogP contribution < -0.4 is 5.73 Å². The molecular weight excluding hydrogens is 339 g/mol. The second-order valence-electron chi connectivity index (χ2n) is 5.58. The first-order valence-electron chi connectivity index (χ1n) is 7.53. The molecule has 0 spiro atoms. The molecule has 0 aliphatic heterocycles. The minimum Gasteiger partial charge on any atom is -0.593 e. The van der Waals surface area contributed by atoms with Crippen molar-refractivity contribution >= 4 is 17.2 Å². The molecule has 0 amide bonds. The molecule has 3 rings (SSSR count). The van der Waals surface area contributed by atoms with Gasteiger partial charge in [-0.25, -0.2) is 9.37 Å². The van der Waals surface area contributed by atoms with Gasteiger partial charge in [0.25, 0.3) is 0 Å². The summed E-state index contributed by atoms with van der Waals surface area (Å²) in [7, 11) is 3.46. The van der Waals surface area contributed by atoms with Gasteiger partial charge in [0.2, 0.25) is 0 Å². The summed E-state index contributed by atoms with van der Waals surface area (Å²) in [5, 5.41) is 0. The summed E-state index contributed by atoms with van der Waals surface area (Å²) in [6.07, 6.45) is 2.82. The van der Waals surface area contributed by atoms with Gasteiger partial charge in [0.15, 0.2) is 4.90 Å². The van der Waals surface area contributed by atoms with Gasteiger partial charge in [0.1, 0.15) is 11.6 Å². The van der Waals surface area contributed by atoms with Crippen LogP contribution >= 0.6 is 0 Å². The summed E-state index contributed by atoms with van der Waals surface area (Å²) in [4.78, 5) is 8.67. The van der Waals surface area contributed by atoms with Gasteiger partial charge >= 0.3 is 0 Å². The third kappa shape index (κ3) is 3.63. The van der Waals surface area contributed by atoms with Gasteiger partial charge in [-0.3, -0.25) is 4.98 Å². The lowest BCUT2D eigenvalue weighted by Gasteiger charge is -2.18. The Kier molecular flexibility index (Phi) is 4.98. The number of hydrogen-bond donors (Lipinski definition) is 1. The molecule has 0 bridgehead atoms. The maximum absolute atomic E-state index is 14.6. The lowest BCUT2D eigenvalue weighted by Crippen LogP contribution is -2.22. The molecule has 0 aliphatic rings. The van der Waals surface area contributed by atoms with Crippen molar-refractivity contribution in [1.82, 2.24) is 14.3 Å². The first kappa shape index (κ1) is 17.3. The topological polar surface area (TPSA) is 78.1 Å². The zero-order valence-electron chi connectivity index (χ0n) is 13.8. The fourth-order valence-electron chi connectivity index (χ4n) is 2.42. The van der Waals surface area contributed by atoms with E-state index >= 15 is 0 Å². The average molecular weight is 356 g/mol. The minimum absolute atomic E-state index is 0.279. The van der Waals surface area contributed by atoms with Crippen LogP contribution in [0.1, 0.15) is 0 Å². The van der Waals surface area contributed by atoms with Crippen molar-refractivity contribution in [1.29, 1.82) is 0 Å². The van der Waals surface area contributed by atoms with E-state index in [1.165, 1.54) is 18.5 Å².